The van der Waals surface area contributed by atoms with Crippen LogP contribution in [0, 0.1) is 0 Å². The summed E-state index contributed by atoms with van der Waals surface area (Å²) in [5.41, 5.74) is 0. The molecule has 0 bridgehead atoms. The van der Waals surface area contributed by atoms with Crippen LogP contribution in [0.1, 0.15) is 19.3 Å². The van der Waals surface area contributed by atoms with E-state index < -0.39 is 0 Å². The number of benzene rings is 1. The molecule has 0 spiro atoms. The molecular formula is C18H24ClN3O2S. The van der Waals surface area contributed by atoms with E-state index in [1.54, 1.807) is 11.8 Å². The Bertz CT molecular complexity index is 616. The number of piperazine rings is 1. The first kappa shape index (κ1) is 18.5. The highest BCUT2D eigenvalue weighted by atomic mass is 35.5. The highest BCUT2D eigenvalue weighted by molar-refractivity contribution is 7.99. The van der Waals surface area contributed by atoms with Gasteiger partial charge < -0.3 is 10.2 Å². The summed E-state index contributed by atoms with van der Waals surface area (Å²) in [6, 6.07) is 8.11. The van der Waals surface area contributed by atoms with Gasteiger partial charge in [-0.2, -0.15) is 0 Å². The normalized spacial score (nSPS) is 18.2. The van der Waals surface area contributed by atoms with Gasteiger partial charge >= 0.3 is 0 Å². The second-order valence-electron chi connectivity index (χ2n) is 6.53. The lowest BCUT2D eigenvalue weighted by Gasteiger charge is -2.34. The van der Waals surface area contributed by atoms with Crippen molar-refractivity contribution in [3.63, 3.8) is 0 Å². The molecule has 3 rings (SSSR count). The second kappa shape index (κ2) is 8.92. The van der Waals surface area contributed by atoms with Crippen LogP contribution in [0.4, 0.5) is 0 Å². The monoisotopic (exact) mass is 381 g/mol. The van der Waals surface area contributed by atoms with Crippen molar-refractivity contribution < 1.29 is 9.59 Å². The van der Waals surface area contributed by atoms with Gasteiger partial charge in [-0.3, -0.25) is 14.5 Å². The quantitative estimate of drug-likeness (QED) is 0.736. The van der Waals surface area contributed by atoms with Gasteiger partial charge in [0.1, 0.15) is 0 Å². The molecule has 1 aromatic rings. The van der Waals surface area contributed by atoms with E-state index in [0.29, 0.717) is 32.1 Å². The minimum Gasteiger partial charge on any atom is -0.352 e. The fraction of sp³-hybridized carbons (Fsp3) is 0.556. The van der Waals surface area contributed by atoms with Crippen LogP contribution in [0.3, 0.4) is 0 Å². The van der Waals surface area contributed by atoms with Crippen LogP contribution < -0.4 is 5.32 Å². The molecule has 1 N–H and O–H groups in total. The summed E-state index contributed by atoms with van der Waals surface area (Å²) in [7, 11) is 0. The summed E-state index contributed by atoms with van der Waals surface area (Å²) in [5.74, 6) is 1.02. The number of hydrogen-bond acceptors (Lipinski definition) is 4. The Kier molecular flexibility index (Phi) is 6.62. The summed E-state index contributed by atoms with van der Waals surface area (Å²) in [5, 5.41) is 3.74. The predicted molar refractivity (Wildman–Crippen MR) is 101 cm³/mol. The molecule has 2 fully saturated rings. The maximum absolute atomic E-state index is 12.3. The Hall–Kier alpha value is -1.24. The van der Waals surface area contributed by atoms with Crippen LogP contribution in [-0.4, -0.2) is 66.1 Å². The molecule has 1 saturated carbocycles. The number of rotatable bonds is 7. The Morgan fingerprint density at radius 3 is 2.56 bits per heavy atom. The van der Waals surface area contributed by atoms with Gasteiger partial charge in [0.25, 0.3) is 0 Å². The van der Waals surface area contributed by atoms with Crippen molar-refractivity contribution in [1.29, 1.82) is 0 Å². The largest absolute Gasteiger partial charge is 0.352 e. The summed E-state index contributed by atoms with van der Waals surface area (Å²) in [4.78, 5) is 29.2. The smallest absolute Gasteiger partial charge is 0.234 e. The van der Waals surface area contributed by atoms with Crippen molar-refractivity contribution in [2.75, 3.05) is 38.5 Å². The second-order valence-corrected chi connectivity index (χ2v) is 8.07. The molecule has 1 aromatic carbocycles. The van der Waals surface area contributed by atoms with E-state index in [0.717, 1.165) is 41.6 Å². The van der Waals surface area contributed by atoms with Crippen LogP contribution >= 0.6 is 23.4 Å². The molecule has 7 heteroatoms. The first-order valence-corrected chi connectivity index (χ1v) is 10.1. The molecule has 1 heterocycles. The zero-order valence-corrected chi connectivity index (χ0v) is 15.8. The molecule has 2 amide bonds. The van der Waals surface area contributed by atoms with E-state index in [-0.39, 0.29) is 11.8 Å². The molecule has 0 radical (unpaired) electrons. The van der Waals surface area contributed by atoms with Gasteiger partial charge in [-0.1, -0.05) is 23.7 Å². The molecule has 0 atom stereocenters. The van der Waals surface area contributed by atoms with E-state index in [4.69, 9.17) is 11.6 Å². The maximum atomic E-state index is 12.3. The highest BCUT2D eigenvalue weighted by Gasteiger charge is 2.26. The third-order valence-electron chi connectivity index (χ3n) is 4.44. The molecule has 1 aliphatic heterocycles. The van der Waals surface area contributed by atoms with E-state index in [2.05, 4.69) is 10.2 Å². The van der Waals surface area contributed by atoms with Gasteiger partial charge in [0.05, 0.1) is 11.6 Å². The molecule has 0 unspecified atom stereocenters. The Morgan fingerprint density at radius 2 is 1.88 bits per heavy atom. The van der Waals surface area contributed by atoms with E-state index >= 15 is 0 Å². The van der Waals surface area contributed by atoms with Crippen molar-refractivity contribution >= 4 is 35.2 Å². The summed E-state index contributed by atoms with van der Waals surface area (Å²) >= 11 is 7.74. The van der Waals surface area contributed by atoms with Gasteiger partial charge in [0.2, 0.25) is 11.8 Å². The molecule has 5 nitrogen and oxygen atoms in total. The maximum Gasteiger partial charge on any atom is 0.234 e. The third-order valence-corrected chi connectivity index (χ3v) is 5.96. The molecule has 1 saturated heterocycles. The number of nitrogens with zero attached hydrogens (tertiary/aromatic N) is 2. The number of thioether (sulfide) groups is 1. The van der Waals surface area contributed by atoms with Gasteiger partial charge in [0.15, 0.2) is 0 Å². The zero-order valence-electron chi connectivity index (χ0n) is 14.2. The van der Waals surface area contributed by atoms with Gasteiger partial charge in [-0.15, -0.1) is 11.8 Å². The fourth-order valence-electron chi connectivity index (χ4n) is 2.83. The number of carbonyl (C=O) groups excluding carboxylic acids is 2. The molecule has 0 aromatic heterocycles. The molecule has 1 aliphatic carbocycles. The zero-order chi connectivity index (χ0) is 17.6. The number of amides is 2. The number of nitrogens with one attached hydrogen (secondary N) is 1. The van der Waals surface area contributed by atoms with Crippen LogP contribution in [0.25, 0.3) is 0 Å². The lowest BCUT2D eigenvalue weighted by molar-refractivity contribution is -0.132. The average molecular weight is 382 g/mol. The minimum absolute atomic E-state index is 0.110. The fourth-order valence-corrected chi connectivity index (χ4v) is 4.00. The van der Waals surface area contributed by atoms with Crippen LogP contribution in [-0.2, 0) is 9.59 Å². The van der Waals surface area contributed by atoms with Crippen molar-refractivity contribution in [2.24, 2.45) is 0 Å². The molecule has 2 aliphatic rings. The van der Waals surface area contributed by atoms with E-state index in [1.165, 1.54) is 0 Å². The SMILES string of the molecule is O=C(CN1CCN(C(=O)CCSc2ccccc2Cl)CC1)NC1CC1. The van der Waals surface area contributed by atoms with Gasteiger partial charge in [-0.05, 0) is 25.0 Å². The molecule has 25 heavy (non-hydrogen) atoms. The summed E-state index contributed by atoms with van der Waals surface area (Å²) in [6.07, 6.45) is 2.73. The van der Waals surface area contributed by atoms with Crippen LogP contribution in [0.2, 0.25) is 5.02 Å². The van der Waals surface area contributed by atoms with Crippen LogP contribution in [0.15, 0.2) is 29.2 Å². The molecule has 136 valence electrons. The Balaban J connectivity index is 1.33. The van der Waals surface area contributed by atoms with Crippen molar-refractivity contribution in [3.05, 3.63) is 29.3 Å². The van der Waals surface area contributed by atoms with Gasteiger partial charge in [-0.25, -0.2) is 0 Å². The summed E-state index contributed by atoms with van der Waals surface area (Å²) in [6.45, 7) is 3.38. The predicted octanol–water partition coefficient (Wildman–Crippen LogP) is 2.25. The summed E-state index contributed by atoms with van der Waals surface area (Å²) < 4.78 is 0. The Morgan fingerprint density at radius 1 is 1.16 bits per heavy atom. The average Bonchev–Trinajstić information content (AvgIpc) is 3.41. The van der Waals surface area contributed by atoms with Crippen molar-refractivity contribution in [2.45, 2.75) is 30.2 Å². The third kappa shape index (κ3) is 5.90. The first-order chi connectivity index (χ1) is 12.1. The standard InChI is InChI=1S/C18H24ClN3O2S/c19-15-3-1-2-4-16(15)25-12-7-18(24)22-10-8-21(9-11-22)13-17(23)20-14-5-6-14/h1-4,14H,5-13H2,(H,20,23). The minimum atomic E-state index is 0.110. The molecular weight excluding hydrogens is 358 g/mol. The first-order valence-electron chi connectivity index (χ1n) is 8.78. The number of carbonyl (C=O) groups is 2. The topological polar surface area (TPSA) is 52.7 Å². The lowest BCUT2D eigenvalue weighted by atomic mass is 10.3. The van der Waals surface area contributed by atoms with Crippen LogP contribution in [0.5, 0.6) is 0 Å². The van der Waals surface area contributed by atoms with Gasteiger partial charge in [0, 0.05) is 49.3 Å². The Labute approximate surface area is 158 Å². The lowest BCUT2D eigenvalue weighted by Crippen LogP contribution is -2.51. The van der Waals surface area contributed by atoms with E-state index in [1.807, 2.05) is 29.2 Å². The highest BCUT2D eigenvalue weighted by Crippen LogP contribution is 2.27. The number of halogens is 1. The van der Waals surface area contributed by atoms with Crippen molar-refractivity contribution in [3.8, 4) is 0 Å². The number of hydrogen-bond donors (Lipinski definition) is 1. The van der Waals surface area contributed by atoms with Crippen molar-refractivity contribution in [1.82, 2.24) is 15.1 Å². The van der Waals surface area contributed by atoms with E-state index in [9.17, 15) is 9.59 Å².